The number of hydrogen-bond donors (Lipinski definition) is 0. The van der Waals surface area contributed by atoms with Gasteiger partial charge in [-0.1, -0.05) is 13.0 Å². The van der Waals surface area contributed by atoms with Gasteiger partial charge in [0.25, 0.3) is 0 Å². The molecule has 2 aliphatic heterocycles. The van der Waals surface area contributed by atoms with Crippen molar-refractivity contribution in [1.82, 2.24) is 4.90 Å². The minimum atomic E-state index is 0.319. The van der Waals surface area contributed by atoms with E-state index < -0.39 is 0 Å². The highest BCUT2D eigenvalue weighted by Gasteiger charge is 2.39. The van der Waals surface area contributed by atoms with E-state index in [1.807, 2.05) is 6.07 Å². The van der Waals surface area contributed by atoms with Gasteiger partial charge in [-0.15, -0.1) is 0 Å². The highest BCUT2D eigenvalue weighted by atomic mass is 16.5. The molecule has 4 rings (SSSR count). The Kier molecular flexibility index (Phi) is 4.64. The predicted molar refractivity (Wildman–Crippen MR) is 104 cm³/mol. The molecule has 0 saturated carbocycles. The van der Waals surface area contributed by atoms with Crippen molar-refractivity contribution in [3.8, 4) is 23.0 Å². The molecule has 0 radical (unpaired) electrons. The van der Waals surface area contributed by atoms with Crippen LogP contribution in [0.5, 0.6) is 23.0 Å². The van der Waals surface area contributed by atoms with Gasteiger partial charge < -0.3 is 18.9 Å². The van der Waals surface area contributed by atoms with E-state index in [4.69, 9.17) is 18.9 Å². The third-order valence-electron chi connectivity index (χ3n) is 6.04. The average molecular weight is 369 g/mol. The number of hydrogen-bond acceptors (Lipinski definition) is 5. The summed E-state index contributed by atoms with van der Waals surface area (Å²) >= 11 is 0. The molecular weight excluding hydrogens is 342 g/mol. The van der Waals surface area contributed by atoms with E-state index in [2.05, 4.69) is 30.0 Å². The monoisotopic (exact) mass is 369 g/mol. The third kappa shape index (κ3) is 2.72. The molecule has 2 atom stereocenters. The summed E-state index contributed by atoms with van der Waals surface area (Å²) in [6.45, 7) is 4.17. The van der Waals surface area contributed by atoms with Crippen LogP contribution in [-0.4, -0.2) is 39.9 Å². The summed E-state index contributed by atoms with van der Waals surface area (Å²) in [6, 6.07) is 8.82. The molecule has 2 aromatic carbocycles. The van der Waals surface area contributed by atoms with Crippen molar-refractivity contribution in [2.24, 2.45) is 0 Å². The van der Waals surface area contributed by atoms with E-state index in [9.17, 15) is 0 Å². The van der Waals surface area contributed by atoms with Crippen LogP contribution in [0, 0.1) is 0 Å². The molecule has 0 fully saturated rings. The molecule has 0 spiro atoms. The lowest BCUT2D eigenvalue weighted by Crippen LogP contribution is -2.41. The van der Waals surface area contributed by atoms with Crippen LogP contribution in [0.1, 0.15) is 41.1 Å². The van der Waals surface area contributed by atoms with Crippen LogP contribution in [0.2, 0.25) is 0 Å². The number of methoxy groups -OCH3 is 4. The van der Waals surface area contributed by atoms with E-state index in [-0.39, 0.29) is 0 Å². The van der Waals surface area contributed by atoms with E-state index >= 15 is 0 Å². The largest absolute Gasteiger partial charge is 0.493 e. The Bertz CT molecular complexity index is 864. The summed E-state index contributed by atoms with van der Waals surface area (Å²) in [5.41, 5.74) is 5.26. The lowest BCUT2D eigenvalue weighted by atomic mass is 9.77. The fourth-order valence-electron chi connectivity index (χ4n) is 4.76. The number of ether oxygens (including phenoxy) is 4. The maximum atomic E-state index is 5.71. The smallest absolute Gasteiger partial charge is 0.165 e. The van der Waals surface area contributed by atoms with Gasteiger partial charge in [0.2, 0.25) is 0 Å². The minimum Gasteiger partial charge on any atom is -0.493 e. The summed E-state index contributed by atoms with van der Waals surface area (Å²) in [4.78, 5) is 2.54. The molecule has 2 heterocycles. The Labute approximate surface area is 160 Å². The van der Waals surface area contributed by atoms with Gasteiger partial charge in [-0.3, -0.25) is 4.90 Å². The standard InChI is InChI=1S/C22H27NO4/c1-13-15-6-7-18(24-2)22(27-5)17(15)12-23-9-8-14-10-19(25-3)20(26-4)11-16(14)21(13)23/h6-7,10-11,13,21H,8-9,12H2,1-5H3/t13?,21-/m1/s1. The first-order valence-corrected chi connectivity index (χ1v) is 9.35. The first kappa shape index (κ1) is 18.0. The van der Waals surface area contributed by atoms with Crippen molar-refractivity contribution in [2.45, 2.75) is 31.8 Å². The van der Waals surface area contributed by atoms with Gasteiger partial charge in [0, 0.05) is 30.6 Å². The maximum Gasteiger partial charge on any atom is 0.165 e. The molecule has 144 valence electrons. The van der Waals surface area contributed by atoms with Gasteiger partial charge in [-0.25, -0.2) is 0 Å². The quantitative estimate of drug-likeness (QED) is 0.816. The van der Waals surface area contributed by atoms with E-state index in [0.717, 1.165) is 42.5 Å². The zero-order chi connectivity index (χ0) is 19.1. The normalized spacial score (nSPS) is 20.9. The van der Waals surface area contributed by atoms with Crippen LogP contribution in [0.4, 0.5) is 0 Å². The molecular formula is C22H27NO4. The summed E-state index contributed by atoms with van der Waals surface area (Å²) < 4.78 is 22.3. The molecule has 5 nitrogen and oxygen atoms in total. The fourth-order valence-corrected chi connectivity index (χ4v) is 4.76. The van der Waals surface area contributed by atoms with Gasteiger partial charge >= 0.3 is 0 Å². The van der Waals surface area contributed by atoms with Crippen molar-refractivity contribution in [1.29, 1.82) is 0 Å². The lowest BCUT2D eigenvalue weighted by molar-refractivity contribution is 0.136. The Morgan fingerprint density at radius 2 is 1.56 bits per heavy atom. The number of fused-ring (bicyclic) bond motifs is 4. The lowest BCUT2D eigenvalue weighted by Gasteiger charge is -2.45. The van der Waals surface area contributed by atoms with Gasteiger partial charge in [-0.2, -0.15) is 0 Å². The van der Waals surface area contributed by atoms with Crippen LogP contribution in [0.3, 0.4) is 0 Å². The highest BCUT2D eigenvalue weighted by molar-refractivity contribution is 5.56. The van der Waals surface area contributed by atoms with E-state index in [0.29, 0.717) is 12.0 Å². The fraction of sp³-hybridized carbons (Fsp3) is 0.455. The molecule has 1 unspecified atom stereocenters. The van der Waals surface area contributed by atoms with Gasteiger partial charge in [-0.05, 0) is 41.3 Å². The third-order valence-corrected chi connectivity index (χ3v) is 6.04. The van der Waals surface area contributed by atoms with Crippen molar-refractivity contribution in [3.63, 3.8) is 0 Å². The Morgan fingerprint density at radius 1 is 0.852 bits per heavy atom. The van der Waals surface area contributed by atoms with Crippen molar-refractivity contribution < 1.29 is 18.9 Å². The molecule has 0 saturated heterocycles. The number of rotatable bonds is 4. The zero-order valence-corrected chi connectivity index (χ0v) is 16.7. The summed E-state index contributed by atoms with van der Waals surface area (Å²) in [7, 11) is 6.80. The summed E-state index contributed by atoms with van der Waals surface area (Å²) in [5, 5.41) is 0. The molecule has 0 N–H and O–H groups in total. The van der Waals surface area contributed by atoms with Crippen LogP contribution in [0.25, 0.3) is 0 Å². The maximum absolute atomic E-state index is 5.71. The molecule has 5 heteroatoms. The predicted octanol–water partition coefficient (Wildman–Crippen LogP) is 3.94. The molecule has 2 aliphatic rings. The van der Waals surface area contributed by atoms with Crippen molar-refractivity contribution in [2.75, 3.05) is 35.0 Å². The topological polar surface area (TPSA) is 40.2 Å². The zero-order valence-electron chi connectivity index (χ0n) is 16.7. The molecule has 0 aliphatic carbocycles. The molecule has 0 aromatic heterocycles. The van der Waals surface area contributed by atoms with E-state index in [1.54, 1.807) is 28.4 Å². The van der Waals surface area contributed by atoms with Crippen LogP contribution in [-0.2, 0) is 13.0 Å². The van der Waals surface area contributed by atoms with Crippen LogP contribution < -0.4 is 18.9 Å². The molecule has 2 aromatic rings. The van der Waals surface area contributed by atoms with Gasteiger partial charge in [0.1, 0.15) is 0 Å². The highest BCUT2D eigenvalue weighted by Crippen LogP contribution is 2.50. The average Bonchev–Trinajstić information content (AvgIpc) is 2.71. The Hall–Kier alpha value is -2.40. The second-order valence-electron chi connectivity index (χ2n) is 7.23. The first-order chi connectivity index (χ1) is 13.1. The number of benzene rings is 2. The second-order valence-corrected chi connectivity index (χ2v) is 7.23. The molecule has 27 heavy (non-hydrogen) atoms. The van der Waals surface area contributed by atoms with E-state index in [1.165, 1.54) is 22.3 Å². The molecule has 0 bridgehead atoms. The Morgan fingerprint density at radius 3 is 2.22 bits per heavy atom. The Balaban J connectivity index is 1.82. The van der Waals surface area contributed by atoms with Crippen molar-refractivity contribution in [3.05, 3.63) is 46.5 Å². The van der Waals surface area contributed by atoms with Gasteiger partial charge in [0.15, 0.2) is 23.0 Å². The van der Waals surface area contributed by atoms with Crippen LogP contribution >= 0.6 is 0 Å². The van der Waals surface area contributed by atoms with Crippen LogP contribution in [0.15, 0.2) is 24.3 Å². The second kappa shape index (κ2) is 6.97. The van der Waals surface area contributed by atoms with Gasteiger partial charge in [0.05, 0.1) is 28.4 Å². The summed E-state index contributed by atoms with van der Waals surface area (Å²) in [6.07, 6.45) is 1.00. The summed E-state index contributed by atoms with van der Waals surface area (Å²) in [5.74, 6) is 3.60. The first-order valence-electron chi connectivity index (χ1n) is 9.35. The van der Waals surface area contributed by atoms with Crippen molar-refractivity contribution >= 4 is 0 Å². The minimum absolute atomic E-state index is 0.319. The SMILES string of the molecule is COc1cc2c(cc1OC)[C@H]1C(C)c3ccc(OC)c(OC)c3CN1CC2. The molecule has 0 amide bonds. The number of nitrogens with zero attached hydrogens (tertiary/aromatic N) is 1.